The molecule has 0 saturated carbocycles. The zero-order valence-electron chi connectivity index (χ0n) is 9.45. The summed E-state index contributed by atoms with van der Waals surface area (Å²) in [5.41, 5.74) is 5.30. The van der Waals surface area contributed by atoms with E-state index in [1.165, 1.54) is 18.2 Å². The number of hydrogen-bond donors (Lipinski definition) is 1. The number of benzene rings is 1. The largest absolute Gasteiger partial charge is 0.454 e. The molecule has 1 heterocycles. The molecule has 0 bridgehead atoms. The van der Waals surface area contributed by atoms with E-state index in [9.17, 15) is 10.1 Å². The molecule has 1 aliphatic heterocycles. The topological polar surface area (TPSA) is 111 Å². The lowest BCUT2D eigenvalue weighted by atomic mass is 10.1. The molecule has 0 atom stereocenters. The average molecular weight is 277 g/mol. The van der Waals surface area contributed by atoms with Crippen LogP contribution < -0.4 is 15.2 Å². The van der Waals surface area contributed by atoms with Crippen LogP contribution in [0.5, 0.6) is 11.5 Å². The fourth-order valence-corrected chi connectivity index (χ4v) is 1.64. The molecular weight excluding hydrogens is 270 g/mol. The fraction of sp³-hybridized carbons (Fsp3) is 0.0909. The maximum Gasteiger partial charge on any atom is 0.280 e. The Balaban J connectivity index is 2.59. The van der Waals surface area contributed by atoms with E-state index in [0.717, 1.165) is 0 Å². The number of nitro benzene ring substituents is 1. The number of nitrogens with zero attached hydrogens (tertiary/aromatic N) is 2. The van der Waals surface area contributed by atoms with Crippen LogP contribution in [0.15, 0.2) is 17.7 Å². The van der Waals surface area contributed by atoms with Crippen molar-refractivity contribution >= 4 is 29.0 Å². The first-order chi connectivity index (χ1) is 9.02. The summed E-state index contributed by atoms with van der Waals surface area (Å²) >= 11 is 4.68. The second-order valence-electron chi connectivity index (χ2n) is 3.56. The average Bonchev–Trinajstić information content (AvgIpc) is 2.81. The quantitative estimate of drug-likeness (QED) is 0.293. The number of nitrogens with two attached hydrogens (primary N) is 1. The predicted octanol–water partition coefficient (Wildman–Crippen LogP) is 1.52. The van der Waals surface area contributed by atoms with Gasteiger partial charge in [-0.15, -0.1) is 0 Å². The summed E-state index contributed by atoms with van der Waals surface area (Å²) in [5.74, 6) is 0.662. The third-order valence-corrected chi connectivity index (χ3v) is 2.62. The van der Waals surface area contributed by atoms with Crippen LogP contribution in [-0.2, 0) is 0 Å². The Morgan fingerprint density at radius 1 is 1.53 bits per heavy atom. The number of thiocarbonyl (C=S) groups is 1. The lowest BCUT2D eigenvalue weighted by Gasteiger charge is -2.01. The van der Waals surface area contributed by atoms with E-state index in [0.29, 0.717) is 5.75 Å². The lowest BCUT2D eigenvalue weighted by Crippen LogP contribution is -2.09. The van der Waals surface area contributed by atoms with E-state index in [2.05, 4.69) is 12.2 Å². The van der Waals surface area contributed by atoms with Crippen LogP contribution in [0.4, 0.5) is 5.69 Å². The lowest BCUT2D eigenvalue weighted by molar-refractivity contribution is -0.385. The summed E-state index contributed by atoms with van der Waals surface area (Å²) in [6.45, 7) is 0.0000628. The SMILES string of the molecule is N#C/C(=C/c1cc2c(cc1[N+](=O)[O-])OCO2)C(N)=S. The third kappa shape index (κ3) is 2.46. The van der Waals surface area contributed by atoms with Gasteiger partial charge in [0.05, 0.1) is 22.1 Å². The van der Waals surface area contributed by atoms with Crippen molar-refractivity contribution in [3.8, 4) is 17.6 Å². The van der Waals surface area contributed by atoms with Crippen LogP contribution in [0.2, 0.25) is 0 Å². The van der Waals surface area contributed by atoms with Crippen molar-refractivity contribution in [1.29, 1.82) is 5.26 Å². The van der Waals surface area contributed by atoms with Gasteiger partial charge in [0.15, 0.2) is 11.5 Å². The van der Waals surface area contributed by atoms with Crippen LogP contribution in [0.1, 0.15) is 5.56 Å². The first kappa shape index (κ1) is 12.8. The van der Waals surface area contributed by atoms with E-state index >= 15 is 0 Å². The Morgan fingerprint density at radius 3 is 2.68 bits per heavy atom. The Morgan fingerprint density at radius 2 is 2.16 bits per heavy atom. The molecule has 0 fully saturated rings. The highest BCUT2D eigenvalue weighted by molar-refractivity contribution is 7.80. The zero-order valence-corrected chi connectivity index (χ0v) is 10.3. The van der Waals surface area contributed by atoms with Gasteiger partial charge in [-0.25, -0.2) is 0 Å². The molecule has 0 spiro atoms. The molecule has 0 unspecified atom stereocenters. The first-order valence-electron chi connectivity index (χ1n) is 5.02. The van der Waals surface area contributed by atoms with E-state index in [-0.39, 0.29) is 34.4 Å². The zero-order chi connectivity index (χ0) is 14.0. The van der Waals surface area contributed by atoms with Crippen molar-refractivity contribution in [1.82, 2.24) is 0 Å². The van der Waals surface area contributed by atoms with Gasteiger partial charge >= 0.3 is 0 Å². The van der Waals surface area contributed by atoms with Crippen molar-refractivity contribution in [2.24, 2.45) is 5.73 Å². The summed E-state index contributed by atoms with van der Waals surface area (Å²) in [4.78, 5) is 10.3. The minimum atomic E-state index is -0.581. The van der Waals surface area contributed by atoms with Crippen LogP contribution in [0.3, 0.4) is 0 Å². The van der Waals surface area contributed by atoms with Crippen molar-refractivity contribution in [3.05, 3.63) is 33.4 Å². The molecule has 1 aromatic rings. The molecule has 96 valence electrons. The van der Waals surface area contributed by atoms with Gasteiger partial charge in [0.1, 0.15) is 11.1 Å². The fourth-order valence-electron chi connectivity index (χ4n) is 1.53. The Kier molecular flexibility index (Phi) is 3.31. The van der Waals surface area contributed by atoms with Crippen molar-refractivity contribution in [2.75, 3.05) is 6.79 Å². The summed E-state index contributed by atoms with van der Waals surface area (Å²) in [6, 6.07) is 4.44. The molecule has 2 rings (SSSR count). The molecule has 2 N–H and O–H groups in total. The van der Waals surface area contributed by atoms with E-state index in [4.69, 9.17) is 20.5 Å². The molecule has 8 heteroatoms. The van der Waals surface area contributed by atoms with Gasteiger partial charge in [-0.3, -0.25) is 10.1 Å². The van der Waals surface area contributed by atoms with Gasteiger partial charge < -0.3 is 15.2 Å². The molecule has 0 amide bonds. The van der Waals surface area contributed by atoms with Crippen LogP contribution in [0, 0.1) is 21.4 Å². The Labute approximate surface area is 113 Å². The normalized spacial score (nSPS) is 12.9. The summed E-state index contributed by atoms with van der Waals surface area (Å²) in [6.07, 6.45) is 1.25. The summed E-state index contributed by atoms with van der Waals surface area (Å²) in [7, 11) is 0. The molecule has 7 nitrogen and oxygen atoms in total. The Bertz CT molecular complexity index is 648. The second-order valence-corrected chi connectivity index (χ2v) is 4.00. The Hall–Kier alpha value is -2.66. The minimum Gasteiger partial charge on any atom is -0.454 e. The van der Waals surface area contributed by atoms with Gasteiger partial charge in [0.2, 0.25) is 6.79 Å². The van der Waals surface area contributed by atoms with Crippen LogP contribution >= 0.6 is 12.2 Å². The second kappa shape index (κ2) is 4.91. The highest BCUT2D eigenvalue weighted by atomic mass is 32.1. The summed E-state index contributed by atoms with van der Waals surface area (Å²) in [5, 5.41) is 19.9. The molecule has 0 radical (unpaired) electrons. The first-order valence-corrected chi connectivity index (χ1v) is 5.43. The molecule has 0 aromatic heterocycles. The highest BCUT2D eigenvalue weighted by Crippen LogP contribution is 2.38. The number of ether oxygens (including phenoxy) is 2. The van der Waals surface area contributed by atoms with Gasteiger partial charge in [-0.1, -0.05) is 12.2 Å². The standard InChI is InChI=1S/C11H7N3O4S/c12-4-7(11(13)19)1-6-2-9-10(18-5-17-9)3-8(6)14(15)16/h1-3H,5H2,(H2,13,19)/b7-1-. The number of nitro groups is 1. The molecular formula is C11H7N3O4S. The number of rotatable bonds is 3. The van der Waals surface area contributed by atoms with E-state index in [1.54, 1.807) is 6.07 Å². The van der Waals surface area contributed by atoms with Crippen molar-refractivity contribution in [2.45, 2.75) is 0 Å². The highest BCUT2D eigenvalue weighted by Gasteiger charge is 2.22. The maximum absolute atomic E-state index is 11.0. The van der Waals surface area contributed by atoms with Crippen LogP contribution in [0.25, 0.3) is 6.08 Å². The van der Waals surface area contributed by atoms with Gasteiger partial charge in [-0.05, 0) is 12.1 Å². The van der Waals surface area contributed by atoms with E-state index in [1.807, 2.05) is 0 Å². The van der Waals surface area contributed by atoms with E-state index < -0.39 is 4.92 Å². The molecule has 1 aromatic carbocycles. The minimum absolute atomic E-state index is 0.0000628. The van der Waals surface area contributed by atoms with Crippen molar-refractivity contribution in [3.63, 3.8) is 0 Å². The maximum atomic E-state index is 11.0. The molecule has 1 aliphatic rings. The predicted molar refractivity (Wildman–Crippen MR) is 69.6 cm³/mol. The summed E-state index contributed by atoms with van der Waals surface area (Å²) < 4.78 is 10.2. The van der Waals surface area contributed by atoms with Crippen molar-refractivity contribution < 1.29 is 14.4 Å². The number of fused-ring (bicyclic) bond motifs is 1. The monoisotopic (exact) mass is 277 g/mol. The molecule has 0 saturated heterocycles. The number of hydrogen-bond acceptors (Lipinski definition) is 6. The smallest absolute Gasteiger partial charge is 0.280 e. The molecule has 0 aliphatic carbocycles. The van der Waals surface area contributed by atoms with Gasteiger partial charge in [0.25, 0.3) is 5.69 Å². The van der Waals surface area contributed by atoms with Crippen LogP contribution in [-0.4, -0.2) is 16.7 Å². The molecule has 19 heavy (non-hydrogen) atoms. The van der Waals surface area contributed by atoms with Gasteiger partial charge in [0, 0.05) is 0 Å². The van der Waals surface area contributed by atoms with Gasteiger partial charge in [-0.2, -0.15) is 5.26 Å². The third-order valence-electron chi connectivity index (χ3n) is 2.40. The number of nitriles is 1.